The molecule has 0 saturated carbocycles. The summed E-state index contributed by atoms with van der Waals surface area (Å²) in [5.41, 5.74) is 3.34. The number of benzene rings is 2. The van der Waals surface area contributed by atoms with Gasteiger partial charge in [-0.2, -0.15) is 0 Å². The van der Waals surface area contributed by atoms with Crippen LogP contribution < -0.4 is 10.1 Å². The Kier molecular flexibility index (Phi) is 4.30. The fourth-order valence-corrected chi connectivity index (χ4v) is 2.82. The first-order valence-corrected chi connectivity index (χ1v) is 8.41. The molecule has 0 saturated heterocycles. The zero-order valence-corrected chi connectivity index (χ0v) is 14.6. The van der Waals surface area contributed by atoms with Crippen LogP contribution in [0.5, 0.6) is 5.75 Å². The van der Waals surface area contributed by atoms with Gasteiger partial charge in [0, 0.05) is 23.7 Å². The number of nitrogens with zero attached hydrogens (tertiary/aromatic N) is 1. The Morgan fingerprint density at radius 1 is 1.15 bits per heavy atom. The highest BCUT2D eigenvalue weighted by Crippen LogP contribution is 2.27. The fourth-order valence-electron chi connectivity index (χ4n) is 2.82. The SMILES string of the molecule is CC(=O)Nc1ccc(C2=N/C(=C/C3=Cc4ccccc4OC3)C(=O)O2)cc1. The number of para-hydroxylation sites is 1. The molecule has 134 valence electrons. The molecular weight excluding hydrogens is 344 g/mol. The second-order valence-electron chi connectivity index (χ2n) is 6.14. The minimum Gasteiger partial charge on any atom is -0.488 e. The summed E-state index contributed by atoms with van der Waals surface area (Å²) in [5, 5.41) is 2.68. The molecule has 2 aromatic carbocycles. The van der Waals surface area contributed by atoms with Crippen LogP contribution in [0, 0.1) is 0 Å². The second kappa shape index (κ2) is 6.92. The summed E-state index contributed by atoms with van der Waals surface area (Å²) in [6.07, 6.45) is 3.64. The molecular formula is C21H16N2O4. The Hall–Kier alpha value is -3.67. The van der Waals surface area contributed by atoms with Crippen molar-refractivity contribution in [1.82, 2.24) is 0 Å². The summed E-state index contributed by atoms with van der Waals surface area (Å²) >= 11 is 0. The van der Waals surface area contributed by atoms with Crippen LogP contribution in [0.2, 0.25) is 0 Å². The zero-order chi connectivity index (χ0) is 18.8. The van der Waals surface area contributed by atoms with E-state index in [0.29, 0.717) is 17.9 Å². The quantitative estimate of drug-likeness (QED) is 0.673. The number of anilines is 1. The number of rotatable bonds is 3. The lowest BCUT2D eigenvalue weighted by atomic mass is 10.1. The van der Waals surface area contributed by atoms with Crippen molar-refractivity contribution in [3.05, 3.63) is 77.0 Å². The van der Waals surface area contributed by atoms with Gasteiger partial charge in [0.1, 0.15) is 12.4 Å². The molecule has 1 N–H and O–H groups in total. The molecule has 0 radical (unpaired) electrons. The van der Waals surface area contributed by atoms with Gasteiger partial charge in [0.2, 0.25) is 11.8 Å². The van der Waals surface area contributed by atoms with E-state index in [1.54, 1.807) is 30.3 Å². The minimum atomic E-state index is -0.504. The van der Waals surface area contributed by atoms with Crippen LogP contribution in [0.15, 0.2) is 70.9 Å². The molecule has 6 heteroatoms. The van der Waals surface area contributed by atoms with Gasteiger partial charge in [0.15, 0.2) is 5.70 Å². The Morgan fingerprint density at radius 2 is 1.93 bits per heavy atom. The molecule has 0 aliphatic carbocycles. The van der Waals surface area contributed by atoms with E-state index in [0.717, 1.165) is 16.9 Å². The first-order chi connectivity index (χ1) is 13.1. The first-order valence-electron chi connectivity index (χ1n) is 8.41. The first kappa shape index (κ1) is 16.8. The molecule has 2 aliphatic rings. The lowest BCUT2D eigenvalue weighted by molar-refractivity contribution is -0.130. The van der Waals surface area contributed by atoms with E-state index in [-0.39, 0.29) is 17.5 Å². The predicted molar refractivity (Wildman–Crippen MR) is 101 cm³/mol. The Bertz CT molecular complexity index is 1020. The summed E-state index contributed by atoms with van der Waals surface area (Å²) in [5.74, 6) is 0.397. The van der Waals surface area contributed by atoms with E-state index < -0.39 is 5.97 Å². The smallest absolute Gasteiger partial charge is 0.363 e. The Balaban J connectivity index is 1.57. The van der Waals surface area contributed by atoms with E-state index in [9.17, 15) is 9.59 Å². The van der Waals surface area contributed by atoms with Gasteiger partial charge in [-0.25, -0.2) is 9.79 Å². The van der Waals surface area contributed by atoms with Gasteiger partial charge in [-0.15, -0.1) is 0 Å². The molecule has 0 aromatic heterocycles. The van der Waals surface area contributed by atoms with Gasteiger partial charge in [-0.1, -0.05) is 18.2 Å². The average Bonchev–Trinajstić information content (AvgIpc) is 3.02. The van der Waals surface area contributed by atoms with Gasteiger partial charge < -0.3 is 14.8 Å². The van der Waals surface area contributed by atoms with Gasteiger partial charge in [0.05, 0.1) is 0 Å². The largest absolute Gasteiger partial charge is 0.488 e. The standard InChI is InChI=1S/C21H16N2O4/c1-13(24)22-17-8-6-15(7-9-17)20-23-18(21(25)27-20)11-14-10-16-4-2-3-5-19(16)26-12-14/h2-11H,12H2,1H3,(H,22,24)/b18-11+. The molecule has 0 atom stereocenters. The summed E-state index contributed by atoms with van der Waals surface area (Å²) in [4.78, 5) is 27.5. The summed E-state index contributed by atoms with van der Waals surface area (Å²) < 4.78 is 11.0. The molecule has 1 amide bonds. The van der Waals surface area contributed by atoms with Gasteiger partial charge in [0.25, 0.3) is 0 Å². The molecule has 4 rings (SSSR count). The van der Waals surface area contributed by atoms with Crippen LogP contribution in [0.25, 0.3) is 6.08 Å². The number of hydrogen-bond donors (Lipinski definition) is 1. The number of esters is 1. The number of carbonyl (C=O) groups is 2. The van der Waals surface area contributed by atoms with Crippen LogP contribution in [0.3, 0.4) is 0 Å². The van der Waals surface area contributed by atoms with E-state index in [4.69, 9.17) is 9.47 Å². The molecule has 0 spiro atoms. The molecule has 27 heavy (non-hydrogen) atoms. The highest BCUT2D eigenvalue weighted by Gasteiger charge is 2.25. The van der Waals surface area contributed by atoms with Crippen molar-refractivity contribution in [2.75, 3.05) is 11.9 Å². The molecule has 0 fully saturated rings. The van der Waals surface area contributed by atoms with Crippen molar-refractivity contribution in [2.45, 2.75) is 6.92 Å². The zero-order valence-electron chi connectivity index (χ0n) is 14.6. The molecule has 2 aromatic rings. The summed E-state index contributed by atoms with van der Waals surface area (Å²) in [6.45, 7) is 1.81. The number of nitrogens with one attached hydrogen (secondary N) is 1. The van der Waals surface area contributed by atoms with Gasteiger partial charge >= 0.3 is 5.97 Å². The van der Waals surface area contributed by atoms with Crippen LogP contribution in [0.4, 0.5) is 5.69 Å². The van der Waals surface area contributed by atoms with E-state index in [1.807, 2.05) is 30.3 Å². The van der Waals surface area contributed by atoms with Crippen molar-refractivity contribution in [2.24, 2.45) is 4.99 Å². The third kappa shape index (κ3) is 3.64. The van der Waals surface area contributed by atoms with Crippen LogP contribution in [0.1, 0.15) is 18.1 Å². The number of aliphatic imine (C=N–C) groups is 1. The molecule has 6 nitrogen and oxygen atoms in total. The summed E-state index contributed by atoms with van der Waals surface area (Å²) in [6, 6.07) is 14.6. The van der Waals surface area contributed by atoms with E-state index in [1.165, 1.54) is 6.92 Å². The fraction of sp³-hybridized carbons (Fsp3) is 0.0952. The van der Waals surface area contributed by atoms with Crippen molar-refractivity contribution in [3.8, 4) is 5.75 Å². The number of hydrogen-bond acceptors (Lipinski definition) is 5. The number of cyclic esters (lactones) is 1. The molecule has 2 aliphatic heterocycles. The lowest BCUT2D eigenvalue weighted by Gasteiger charge is -2.15. The second-order valence-corrected chi connectivity index (χ2v) is 6.14. The van der Waals surface area contributed by atoms with Crippen molar-refractivity contribution in [1.29, 1.82) is 0 Å². The number of carbonyl (C=O) groups excluding carboxylic acids is 2. The van der Waals surface area contributed by atoms with E-state index in [2.05, 4.69) is 10.3 Å². The highest BCUT2D eigenvalue weighted by atomic mass is 16.6. The third-order valence-corrected chi connectivity index (χ3v) is 4.05. The number of amides is 1. The topological polar surface area (TPSA) is 77.0 Å². The summed E-state index contributed by atoms with van der Waals surface area (Å²) in [7, 11) is 0. The highest BCUT2D eigenvalue weighted by molar-refractivity contribution is 6.11. The average molecular weight is 360 g/mol. The normalized spacial score (nSPS) is 16.8. The minimum absolute atomic E-state index is 0.151. The van der Waals surface area contributed by atoms with Crippen molar-refractivity contribution >= 4 is 29.5 Å². The van der Waals surface area contributed by atoms with Crippen molar-refractivity contribution in [3.63, 3.8) is 0 Å². The lowest BCUT2D eigenvalue weighted by Crippen LogP contribution is -2.08. The van der Waals surface area contributed by atoms with Crippen molar-refractivity contribution < 1.29 is 19.1 Å². The Labute approximate surface area is 155 Å². The van der Waals surface area contributed by atoms with Crippen LogP contribution in [-0.2, 0) is 14.3 Å². The third-order valence-electron chi connectivity index (χ3n) is 4.05. The maximum absolute atomic E-state index is 12.2. The number of fused-ring (bicyclic) bond motifs is 1. The Morgan fingerprint density at radius 3 is 2.70 bits per heavy atom. The molecule has 0 unspecified atom stereocenters. The maximum atomic E-state index is 12.2. The van der Waals surface area contributed by atoms with Gasteiger partial charge in [-0.3, -0.25) is 4.79 Å². The molecule has 0 bridgehead atoms. The number of ether oxygens (including phenoxy) is 2. The maximum Gasteiger partial charge on any atom is 0.363 e. The molecule has 2 heterocycles. The van der Waals surface area contributed by atoms with Crippen LogP contribution >= 0.6 is 0 Å². The predicted octanol–water partition coefficient (Wildman–Crippen LogP) is 3.31. The van der Waals surface area contributed by atoms with Gasteiger partial charge in [-0.05, 0) is 48.1 Å². The van der Waals surface area contributed by atoms with E-state index >= 15 is 0 Å². The van der Waals surface area contributed by atoms with Crippen LogP contribution in [-0.4, -0.2) is 24.4 Å². The monoisotopic (exact) mass is 360 g/mol.